The Morgan fingerprint density at radius 2 is 2.07 bits per heavy atom. The summed E-state index contributed by atoms with van der Waals surface area (Å²) in [5, 5.41) is 0. The fourth-order valence-electron chi connectivity index (χ4n) is 2.94. The molecule has 0 bridgehead atoms. The first-order valence-corrected chi connectivity index (χ1v) is 8.66. The lowest BCUT2D eigenvalue weighted by atomic mass is 10.1. The minimum atomic E-state index is -2.93. The highest BCUT2D eigenvalue weighted by molar-refractivity contribution is 5.92. The second-order valence-electron chi connectivity index (χ2n) is 6.29. The zero-order valence-electron chi connectivity index (χ0n) is 15.1. The average Bonchev–Trinajstić information content (AvgIpc) is 3.31. The number of alkyl halides is 2. The summed E-state index contributed by atoms with van der Waals surface area (Å²) in [5.74, 6) is 0.724. The van der Waals surface area contributed by atoms with Gasteiger partial charge in [0.05, 0.1) is 19.4 Å². The normalized spacial score (nSPS) is 15.1. The van der Waals surface area contributed by atoms with Crippen molar-refractivity contribution in [2.45, 2.75) is 38.5 Å². The van der Waals surface area contributed by atoms with Crippen LogP contribution in [-0.2, 0) is 4.79 Å². The molecular formula is C20H21F2NO4. The molecule has 27 heavy (non-hydrogen) atoms. The van der Waals surface area contributed by atoms with Gasteiger partial charge in [-0.1, -0.05) is 6.07 Å². The van der Waals surface area contributed by atoms with Crippen molar-refractivity contribution in [2.75, 3.05) is 7.11 Å². The van der Waals surface area contributed by atoms with E-state index in [0.717, 1.165) is 18.6 Å². The van der Waals surface area contributed by atoms with E-state index < -0.39 is 6.61 Å². The quantitative estimate of drug-likeness (QED) is 0.628. The first-order chi connectivity index (χ1) is 13.0. The van der Waals surface area contributed by atoms with Crippen LogP contribution in [0, 0.1) is 0 Å². The molecule has 2 aromatic rings. The number of hydrogen-bond donors (Lipinski definition) is 0. The van der Waals surface area contributed by atoms with E-state index in [1.807, 2.05) is 13.0 Å². The van der Waals surface area contributed by atoms with Gasteiger partial charge in [-0.3, -0.25) is 4.79 Å². The number of amides is 1. The first kappa shape index (κ1) is 18.9. The zero-order chi connectivity index (χ0) is 19.4. The van der Waals surface area contributed by atoms with Crippen molar-refractivity contribution in [3.8, 4) is 11.5 Å². The van der Waals surface area contributed by atoms with Crippen LogP contribution in [0.3, 0.4) is 0 Å². The van der Waals surface area contributed by atoms with Crippen molar-refractivity contribution in [1.29, 1.82) is 0 Å². The Morgan fingerprint density at radius 3 is 2.67 bits per heavy atom. The maximum absolute atomic E-state index is 12.7. The largest absolute Gasteiger partial charge is 0.493 e. The number of halogens is 2. The summed E-state index contributed by atoms with van der Waals surface area (Å²) in [7, 11) is 1.37. The Bertz CT molecular complexity index is 800. The molecule has 1 unspecified atom stereocenters. The van der Waals surface area contributed by atoms with E-state index in [4.69, 9.17) is 9.15 Å². The van der Waals surface area contributed by atoms with Crippen molar-refractivity contribution in [2.24, 2.45) is 0 Å². The van der Waals surface area contributed by atoms with E-state index in [1.165, 1.54) is 19.3 Å². The predicted molar refractivity (Wildman–Crippen MR) is 95.7 cm³/mol. The van der Waals surface area contributed by atoms with Crippen LogP contribution >= 0.6 is 0 Å². The summed E-state index contributed by atoms with van der Waals surface area (Å²) in [5.41, 5.74) is 0.642. The van der Waals surface area contributed by atoms with Crippen molar-refractivity contribution < 1.29 is 27.5 Å². The van der Waals surface area contributed by atoms with Gasteiger partial charge in [0.25, 0.3) is 0 Å². The molecule has 0 N–H and O–H groups in total. The van der Waals surface area contributed by atoms with Gasteiger partial charge in [-0.15, -0.1) is 0 Å². The molecule has 1 amide bonds. The summed E-state index contributed by atoms with van der Waals surface area (Å²) in [6.07, 6.45) is 6.63. The van der Waals surface area contributed by atoms with Gasteiger partial charge in [-0.2, -0.15) is 8.78 Å². The zero-order valence-corrected chi connectivity index (χ0v) is 15.1. The van der Waals surface area contributed by atoms with E-state index in [1.54, 1.807) is 35.4 Å². The molecule has 1 aromatic carbocycles. The highest BCUT2D eigenvalue weighted by Crippen LogP contribution is 2.35. The minimum Gasteiger partial charge on any atom is -0.493 e. The van der Waals surface area contributed by atoms with Gasteiger partial charge in [-0.25, -0.2) is 0 Å². The number of rotatable bonds is 8. The standard InChI is InChI=1S/C20H21F2NO4/c1-13(16-4-3-11-26-16)23(15-7-8-15)19(24)10-6-14-5-9-17(27-20(21)22)18(12-14)25-2/h3-6,9-13,15,20H,7-8H2,1-2H3. The van der Waals surface area contributed by atoms with Crippen molar-refractivity contribution >= 4 is 12.0 Å². The van der Waals surface area contributed by atoms with Gasteiger partial charge in [0.1, 0.15) is 5.76 Å². The lowest BCUT2D eigenvalue weighted by Crippen LogP contribution is -2.34. The summed E-state index contributed by atoms with van der Waals surface area (Å²) < 4.78 is 39.7. The molecular weight excluding hydrogens is 356 g/mol. The first-order valence-electron chi connectivity index (χ1n) is 8.66. The average molecular weight is 377 g/mol. The Labute approximate surface area is 156 Å². The molecule has 0 aliphatic heterocycles. The van der Waals surface area contributed by atoms with Crippen LogP contribution < -0.4 is 9.47 Å². The number of methoxy groups -OCH3 is 1. The maximum Gasteiger partial charge on any atom is 0.387 e. The van der Waals surface area contributed by atoms with Crippen molar-refractivity contribution in [1.82, 2.24) is 4.90 Å². The molecule has 1 aliphatic carbocycles. The van der Waals surface area contributed by atoms with Gasteiger partial charge < -0.3 is 18.8 Å². The number of benzene rings is 1. The Morgan fingerprint density at radius 1 is 1.30 bits per heavy atom. The molecule has 1 atom stereocenters. The van der Waals surface area contributed by atoms with E-state index in [-0.39, 0.29) is 29.5 Å². The second kappa shape index (κ2) is 8.24. The van der Waals surface area contributed by atoms with E-state index in [2.05, 4.69) is 4.74 Å². The molecule has 1 aliphatic rings. The van der Waals surface area contributed by atoms with Crippen LogP contribution in [0.15, 0.2) is 47.1 Å². The Hall–Kier alpha value is -2.83. The monoisotopic (exact) mass is 377 g/mol. The fraction of sp³-hybridized carbons (Fsp3) is 0.350. The fourth-order valence-corrected chi connectivity index (χ4v) is 2.94. The molecule has 0 saturated heterocycles. The summed E-state index contributed by atoms with van der Waals surface area (Å²) >= 11 is 0. The highest BCUT2D eigenvalue weighted by Gasteiger charge is 2.36. The van der Waals surface area contributed by atoms with Gasteiger partial charge >= 0.3 is 6.61 Å². The number of nitrogens with zero attached hydrogens (tertiary/aromatic N) is 1. The maximum atomic E-state index is 12.7. The number of hydrogen-bond acceptors (Lipinski definition) is 4. The number of ether oxygens (including phenoxy) is 2. The molecule has 1 saturated carbocycles. The minimum absolute atomic E-state index is 0.0537. The lowest BCUT2D eigenvalue weighted by Gasteiger charge is -2.26. The topological polar surface area (TPSA) is 51.9 Å². The SMILES string of the molecule is COc1cc(C=CC(=O)N(C2CC2)C(C)c2ccco2)ccc1OC(F)F. The molecule has 1 heterocycles. The molecule has 1 fully saturated rings. The molecule has 144 valence electrons. The lowest BCUT2D eigenvalue weighted by molar-refractivity contribution is -0.129. The van der Waals surface area contributed by atoms with Crippen LogP contribution in [0.4, 0.5) is 8.78 Å². The van der Waals surface area contributed by atoms with Gasteiger partial charge in [0.15, 0.2) is 11.5 Å². The smallest absolute Gasteiger partial charge is 0.387 e. The summed E-state index contributed by atoms with van der Waals surface area (Å²) in [4.78, 5) is 14.6. The second-order valence-corrected chi connectivity index (χ2v) is 6.29. The van der Waals surface area contributed by atoms with Gasteiger partial charge in [0.2, 0.25) is 5.91 Å². The number of carbonyl (C=O) groups is 1. The Balaban J connectivity index is 1.74. The predicted octanol–water partition coefficient (Wildman–Crippen LogP) is 4.66. The van der Waals surface area contributed by atoms with Gasteiger partial charge in [0, 0.05) is 12.1 Å². The number of carbonyl (C=O) groups excluding carboxylic acids is 1. The third kappa shape index (κ3) is 4.67. The third-order valence-corrected chi connectivity index (χ3v) is 4.39. The van der Waals surface area contributed by atoms with Crippen LogP contribution in [-0.4, -0.2) is 30.6 Å². The van der Waals surface area contributed by atoms with Crippen molar-refractivity contribution in [3.05, 3.63) is 54.0 Å². The highest BCUT2D eigenvalue weighted by atomic mass is 19.3. The molecule has 0 radical (unpaired) electrons. The Kier molecular flexibility index (Phi) is 5.78. The molecule has 3 rings (SSSR count). The van der Waals surface area contributed by atoms with Crippen LogP contribution in [0.5, 0.6) is 11.5 Å². The number of furan rings is 1. The summed E-state index contributed by atoms with van der Waals surface area (Å²) in [6.45, 7) is -1.00. The molecule has 1 aromatic heterocycles. The summed E-state index contributed by atoms with van der Waals surface area (Å²) in [6, 6.07) is 8.20. The van der Waals surface area contributed by atoms with Crippen LogP contribution in [0.2, 0.25) is 0 Å². The van der Waals surface area contributed by atoms with Crippen LogP contribution in [0.1, 0.15) is 37.1 Å². The van der Waals surface area contributed by atoms with Gasteiger partial charge in [-0.05, 0) is 55.7 Å². The third-order valence-electron chi connectivity index (χ3n) is 4.39. The van der Waals surface area contributed by atoms with E-state index >= 15 is 0 Å². The van der Waals surface area contributed by atoms with E-state index in [9.17, 15) is 13.6 Å². The van der Waals surface area contributed by atoms with Crippen molar-refractivity contribution in [3.63, 3.8) is 0 Å². The molecule has 7 heteroatoms. The van der Waals surface area contributed by atoms with Crippen LogP contribution in [0.25, 0.3) is 6.08 Å². The molecule has 5 nitrogen and oxygen atoms in total. The molecule has 0 spiro atoms. The van der Waals surface area contributed by atoms with E-state index in [0.29, 0.717) is 5.56 Å².